The Kier molecular flexibility index (Phi) is 2.10. The van der Waals surface area contributed by atoms with Crippen LogP contribution in [0.15, 0.2) is 12.1 Å². The molecule has 72 valence electrons. The summed E-state index contributed by atoms with van der Waals surface area (Å²) >= 11 is 0. The Morgan fingerprint density at radius 1 is 1.64 bits per heavy atom. The molecule has 0 amide bonds. The molecule has 1 aromatic carbocycles. The van der Waals surface area contributed by atoms with Crippen LogP contribution in [0.1, 0.15) is 17.2 Å². The summed E-state index contributed by atoms with van der Waals surface area (Å²) in [5.41, 5.74) is 0.662. The van der Waals surface area contributed by atoms with E-state index in [2.05, 4.69) is 0 Å². The first-order chi connectivity index (χ1) is 6.76. The van der Waals surface area contributed by atoms with Crippen LogP contribution in [0.25, 0.3) is 0 Å². The van der Waals surface area contributed by atoms with E-state index in [1.807, 2.05) is 6.07 Å². The van der Waals surface area contributed by atoms with Crippen molar-refractivity contribution in [1.82, 2.24) is 0 Å². The third kappa shape index (κ3) is 1.42. The molecule has 0 bridgehead atoms. The van der Waals surface area contributed by atoms with Crippen LogP contribution in [0, 0.1) is 17.1 Å². The fourth-order valence-corrected chi connectivity index (χ4v) is 1.30. The van der Waals surface area contributed by atoms with Crippen molar-refractivity contribution in [2.24, 2.45) is 0 Å². The van der Waals surface area contributed by atoms with Crippen molar-refractivity contribution < 1.29 is 13.9 Å². The van der Waals surface area contributed by atoms with Gasteiger partial charge in [-0.3, -0.25) is 0 Å². The average Bonchev–Trinajstić information content (AvgIpc) is 3.01. The normalized spacial score (nSPS) is 18.8. The predicted molar refractivity (Wildman–Crippen MR) is 46.4 cm³/mol. The number of benzene rings is 1. The van der Waals surface area contributed by atoms with Gasteiger partial charge >= 0.3 is 0 Å². The highest BCUT2D eigenvalue weighted by Gasteiger charge is 2.29. The molecule has 0 N–H and O–H groups in total. The van der Waals surface area contributed by atoms with E-state index in [4.69, 9.17) is 14.7 Å². The molecule has 3 nitrogen and oxygen atoms in total. The second-order valence-electron chi connectivity index (χ2n) is 3.01. The zero-order chi connectivity index (χ0) is 10.1. The molecule has 0 spiro atoms. The largest absolute Gasteiger partial charge is 0.495 e. The quantitative estimate of drug-likeness (QED) is 0.672. The maximum absolute atomic E-state index is 13.4. The van der Waals surface area contributed by atoms with Gasteiger partial charge in [-0.2, -0.15) is 5.26 Å². The molecule has 0 saturated carbocycles. The molecular weight excluding hydrogens is 185 g/mol. The van der Waals surface area contributed by atoms with Crippen LogP contribution in [-0.2, 0) is 4.74 Å². The number of hydrogen-bond donors (Lipinski definition) is 0. The first-order valence-corrected chi connectivity index (χ1v) is 4.15. The molecule has 0 aliphatic carbocycles. The number of hydrogen-bond acceptors (Lipinski definition) is 3. The lowest BCUT2D eigenvalue weighted by atomic mass is 10.1. The second kappa shape index (κ2) is 3.28. The van der Waals surface area contributed by atoms with E-state index in [-0.39, 0.29) is 11.7 Å². The fourth-order valence-electron chi connectivity index (χ4n) is 1.30. The van der Waals surface area contributed by atoms with Crippen molar-refractivity contribution >= 4 is 0 Å². The number of epoxide rings is 1. The molecule has 1 heterocycles. The third-order valence-corrected chi connectivity index (χ3v) is 2.12. The summed E-state index contributed by atoms with van der Waals surface area (Å²) in [7, 11) is 1.45. The minimum absolute atomic E-state index is 0.170. The number of ether oxygens (including phenoxy) is 2. The van der Waals surface area contributed by atoms with Crippen molar-refractivity contribution in [3.63, 3.8) is 0 Å². The van der Waals surface area contributed by atoms with Crippen LogP contribution in [0.4, 0.5) is 4.39 Å². The number of nitriles is 1. The topological polar surface area (TPSA) is 45.5 Å². The smallest absolute Gasteiger partial charge is 0.137 e. The van der Waals surface area contributed by atoms with Crippen LogP contribution >= 0.6 is 0 Å². The summed E-state index contributed by atoms with van der Waals surface area (Å²) in [6.45, 7) is 0.534. The first kappa shape index (κ1) is 8.97. The molecule has 1 fully saturated rings. The predicted octanol–water partition coefficient (Wildman–Crippen LogP) is 1.78. The van der Waals surface area contributed by atoms with Crippen molar-refractivity contribution in [1.29, 1.82) is 5.26 Å². The van der Waals surface area contributed by atoms with E-state index in [0.29, 0.717) is 17.9 Å². The summed E-state index contributed by atoms with van der Waals surface area (Å²) in [5, 5.41) is 8.69. The minimum Gasteiger partial charge on any atom is -0.495 e. The number of rotatable bonds is 2. The monoisotopic (exact) mass is 193 g/mol. The van der Waals surface area contributed by atoms with Crippen molar-refractivity contribution in [2.75, 3.05) is 13.7 Å². The van der Waals surface area contributed by atoms with Crippen LogP contribution in [0.5, 0.6) is 5.75 Å². The molecule has 0 radical (unpaired) electrons. The average molecular weight is 193 g/mol. The summed E-state index contributed by atoms with van der Waals surface area (Å²) in [5.74, 6) is -0.0238. The van der Waals surface area contributed by atoms with Gasteiger partial charge in [0, 0.05) is 5.56 Å². The van der Waals surface area contributed by atoms with Gasteiger partial charge in [-0.05, 0) is 12.1 Å². The zero-order valence-electron chi connectivity index (χ0n) is 7.58. The van der Waals surface area contributed by atoms with Gasteiger partial charge in [0.2, 0.25) is 0 Å². The van der Waals surface area contributed by atoms with Crippen LogP contribution in [0.2, 0.25) is 0 Å². The second-order valence-corrected chi connectivity index (χ2v) is 3.01. The molecule has 1 saturated heterocycles. The number of nitrogens with zero attached hydrogens (tertiary/aromatic N) is 1. The number of methoxy groups -OCH3 is 1. The van der Waals surface area contributed by atoms with E-state index >= 15 is 0 Å². The maximum atomic E-state index is 13.4. The molecular formula is C10H8FNO2. The van der Waals surface area contributed by atoms with E-state index in [1.54, 1.807) is 0 Å². The lowest BCUT2D eigenvalue weighted by Gasteiger charge is -2.05. The Bertz CT molecular complexity index is 407. The Morgan fingerprint density at radius 2 is 2.36 bits per heavy atom. The SMILES string of the molecule is COc1cc([C@H]2CO2)c(F)cc1C#N. The molecule has 1 atom stereocenters. The molecule has 1 aromatic rings. The first-order valence-electron chi connectivity index (χ1n) is 4.15. The Labute approximate surface area is 80.7 Å². The van der Waals surface area contributed by atoms with Gasteiger partial charge in [0.15, 0.2) is 0 Å². The molecule has 1 aliphatic rings. The maximum Gasteiger partial charge on any atom is 0.137 e. The molecule has 1 aliphatic heterocycles. The third-order valence-electron chi connectivity index (χ3n) is 2.12. The van der Waals surface area contributed by atoms with Gasteiger partial charge < -0.3 is 9.47 Å². The highest BCUT2D eigenvalue weighted by Crippen LogP contribution is 2.35. The van der Waals surface area contributed by atoms with Crippen molar-refractivity contribution in [2.45, 2.75) is 6.10 Å². The van der Waals surface area contributed by atoms with Crippen LogP contribution < -0.4 is 4.74 Å². The van der Waals surface area contributed by atoms with E-state index in [0.717, 1.165) is 0 Å². The number of halogens is 1. The lowest BCUT2D eigenvalue weighted by molar-refractivity contribution is 0.396. The molecule has 0 aromatic heterocycles. The van der Waals surface area contributed by atoms with Gasteiger partial charge in [-0.25, -0.2) is 4.39 Å². The van der Waals surface area contributed by atoms with E-state index in [1.165, 1.54) is 19.2 Å². The van der Waals surface area contributed by atoms with Gasteiger partial charge in [0.05, 0.1) is 19.3 Å². The molecule has 2 rings (SSSR count). The Hall–Kier alpha value is -1.60. The standard InChI is InChI=1S/C10H8FNO2/c1-13-9-3-7(10-5-14-10)8(11)2-6(9)4-12/h2-3,10H,5H2,1H3/t10-/m1/s1. The molecule has 4 heteroatoms. The van der Waals surface area contributed by atoms with Crippen molar-refractivity contribution in [3.05, 3.63) is 29.1 Å². The lowest BCUT2D eigenvalue weighted by Crippen LogP contribution is -1.94. The molecule has 0 unspecified atom stereocenters. The summed E-state index contributed by atoms with van der Waals surface area (Å²) in [4.78, 5) is 0. The highest BCUT2D eigenvalue weighted by atomic mass is 19.1. The van der Waals surface area contributed by atoms with E-state index < -0.39 is 5.82 Å². The van der Waals surface area contributed by atoms with Gasteiger partial charge in [0.1, 0.15) is 23.7 Å². The van der Waals surface area contributed by atoms with Crippen molar-refractivity contribution in [3.8, 4) is 11.8 Å². The fraction of sp³-hybridized carbons (Fsp3) is 0.300. The zero-order valence-corrected chi connectivity index (χ0v) is 7.58. The van der Waals surface area contributed by atoms with E-state index in [9.17, 15) is 4.39 Å². The highest BCUT2D eigenvalue weighted by molar-refractivity contribution is 5.47. The van der Waals surface area contributed by atoms with Gasteiger partial charge in [0.25, 0.3) is 0 Å². The Balaban J connectivity index is 2.49. The van der Waals surface area contributed by atoms with Crippen LogP contribution in [0.3, 0.4) is 0 Å². The Morgan fingerprint density at radius 3 is 2.86 bits per heavy atom. The summed E-state index contributed by atoms with van der Waals surface area (Å²) < 4.78 is 23.3. The van der Waals surface area contributed by atoms with Crippen LogP contribution in [-0.4, -0.2) is 13.7 Å². The summed E-state index contributed by atoms with van der Waals surface area (Å²) in [6, 6.07) is 4.56. The van der Waals surface area contributed by atoms with Gasteiger partial charge in [-0.15, -0.1) is 0 Å². The summed E-state index contributed by atoms with van der Waals surface area (Å²) in [6.07, 6.45) is -0.170. The van der Waals surface area contributed by atoms with Gasteiger partial charge in [-0.1, -0.05) is 0 Å². The minimum atomic E-state index is -0.412. The molecule has 14 heavy (non-hydrogen) atoms.